The van der Waals surface area contributed by atoms with E-state index in [0.29, 0.717) is 18.8 Å². The van der Waals surface area contributed by atoms with Crippen molar-refractivity contribution in [2.24, 2.45) is 0 Å². The summed E-state index contributed by atoms with van der Waals surface area (Å²) in [7, 11) is 1.29. The van der Waals surface area contributed by atoms with Gasteiger partial charge in [-0.05, 0) is 25.1 Å². The number of halogens is 1. The summed E-state index contributed by atoms with van der Waals surface area (Å²) in [5, 5.41) is 14.1. The molecule has 1 aliphatic rings. The third kappa shape index (κ3) is 3.46. The lowest BCUT2D eigenvalue weighted by Gasteiger charge is -2.25. The maximum Gasteiger partial charge on any atom is 0.331 e. The van der Waals surface area contributed by atoms with Crippen molar-refractivity contribution in [2.75, 3.05) is 31.7 Å². The Morgan fingerprint density at radius 1 is 1.50 bits per heavy atom. The highest BCUT2D eigenvalue weighted by Gasteiger charge is 2.36. The number of hydrogen-bond acceptors (Lipinski definition) is 4. The number of hydrogen-bond donors (Lipinski definition) is 3. The van der Waals surface area contributed by atoms with Crippen molar-refractivity contribution < 1.29 is 28.6 Å². The van der Waals surface area contributed by atoms with Crippen LogP contribution in [-0.2, 0) is 9.53 Å². The molecule has 1 aliphatic heterocycles. The number of nitrogens with zero attached hydrogens (tertiary/aromatic N) is 1. The number of aliphatic carboxylic acids is 1. The topological polar surface area (TPSA) is 108 Å². The van der Waals surface area contributed by atoms with Gasteiger partial charge in [0.2, 0.25) is 0 Å². The van der Waals surface area contributed by atoms with Crippen LogP contribution in [0.3, 0.4) is 0 Å². The molecular formula is C15H18FN3O5. The number of carboxylic acid groups (broad SMARTS) is 1. The maximum atomic E-state index is 14.0. The second-order valence-corrected chi connectivity index (χ2v) is 5.57. The van der Waals surface area contributed by atoms with E-state index in [1.807, 2.05) is 0 Å². The molecule has 1 heterocycles. The van der Waals surface area contributed by atoms with Gasteiger partial charge >= 0.3 is 12.0 Å². The molecule has 130 valence electrons. The first kappa shape index (κ1) is 17.7. The van der Waals surface area contributed by atoms with Crippen molar-refractivity contribution in [3.05, 3.63) is 29.6 Å². The molecule has 0 radical (unpaired) electrons. The Morgan fingerprint density at radius 3 is 2.75 bits per heavy atom. The average molecular weight is 339 g/mol. The summed E-state index contributed by atoms with van der Waals surface area (Å²) >= 11 is 0. The van der Waals surface area contributed by atoms with E-state index in [4.69, 9.17) is 4.74 Å². The molecule has 1 atom stereocenters. The minimum absolute atomic E-state index is 0.288. The third-order valence-corrected chi connectivity index (χ3v) is 3.66. The van der Waals surface area contributed by atoms with E-state index in [-0.39, 0.29) is 18.2 Å². The second kappa shape index (κ2) is 6.83. The van der Waals surface area contributed by atoms with Crippen LogP contribution in [0, 0.1) is 5.82 Å². The molecule has 1 saturated heterocycles. The van der Waals surface area contributed by atoms with Crippen molar-refractivity contribution in [3.63, 3.8) is 0 Å². The molecule has 1 aromatic carbocycles. The van der Waals surface area contributed by atoms with Gasteiger partial charge in [0.15, 0.2) is 5.54 Å². The largest absolute Gasteiger partial charge is 0.479 e. The smallest absolute Gasteiger partial charge is 0.331 e. The monoisotopic (exact) mass is 339 g/mol. The summed E-state index contributed by atoms with van der Waals surface area (Å²) in [5.74, 6) is -3.04. The third-order valence-electron chi connectivity index (χ3n) is 3.66. The van der Waals surface area contributed by atoms with Crippen molar-refractivity contribution in [1.82, 2.24) is 10.6 Å². The molecule has 1 unspecified atom stereocenters. The first-order valence-corrected chi connectivity index (χ1v) is 7.18. The van der Waals surface area contributed by atoms with Crippen molar-refractivity contribution in [3.8, 4) is 0 Å². The summed E-state index contributed by atoms with van der Waals surface area (Å²) in [6.45, 7) is 1.81. The van der Waals surface area contributed by atoms with E-state index < -0.39 is 23.2 Å². The lowest BCUT2D eigenvalue weighted by atomic mass is 10.0. The first-order valence-electron chi connectivity index (χ1n) is 7.18. The Morgan fingerprint density at radius 2 is 2.21 bits per heavy atom. The van der Waals surface area contributed by atoms with Crippen LogP contribution in [0.5, 0.6) is 0 Å². The number of rotatable bonds is 6. The van der Waals surface area contributed by atoms with Gasteiger partial charge in [-0.2, -0.15) is 0 Å². The zero-order valence-corrected chi connectivity index (χ0v) is 13.3. The molecule has 0 aliphatic carbocycles. The molecule has 9 heteroatoms. The number of carbonyl (C=O) groups excluding carboxylic acids is 2. The molecule has 1 fully saturated rings. The van der Waals surface area contributed by atoms with Gasteiger partial charge in [-0.25, -0.2) is 14.0 Å². The number of urea groups is 1. The molecule has 0 spiro atoms. The lowest BCUT2D eigenvalue weighted by molar-refractivity contribution is -0.145. The summed E-state index contributed by atoms with van der Waals surface area (Å²) in [5.41, 5.74) is -1.71. The van der Waals surface area contributed by atoms with Crippen LogP contribution in [0.2, 0.25) is 0 Å². The molecule has 0 bridgehead atoms. The maximum absolute atomic E-state index is 14.0. The van der Waals surface area contributed by atoms with Crippen LogP contribution in [-0.4, -0.2) is 55.4 Å². The van der Waals surface area contributed by atoms with Gasteiger partial charge < -0.3 is 20.5 Å². The van der Waals surface area contributed by atoms with Crippen LogP contribution >= 0.6 is 0 Å². The zero-order chi connectivity index (χ0) is 17.9. The Bertz CT molecular complexity index is 681. The van der Waals surface area contributed by atoms with Gasteiger partial charge in [0.1, 0.15) is 5.82 Å². The van der Waals surface area contributed by atoms with Crippen LogP contribution in [0.4, 0.5) is 14.9 Å². The van der Waals surface area contributed by atoms with Crippen molar-refractivity contribution >= 4 is 23.6 Å². The Labute approximate surface area is 137 Å². The average Bonchev–Trinajstić information content (AvgIpc) is 2.94. The number of anilines is 1. The fourth-order valence-electron chi connectivity index (χ4n) is 2.33. The molecule has 24 heavy (non-hydrogen) atoms. The van der Waals surface area contributed by atoms with E-state index >= 15 is 0 Å². The minimum Gasteiger partial charge on any atom is -0.479 e. The van der Waals surface area contributed by atoms with Crippen LogP contribution < -0.4 is 15.5 Å². The van der Waals surface area contributed by atoms with Gasteiger partial charge in [-0.1, -0.05) is 0 Å². The molecule has 8 nitrogen and oxygen atoms in total. The van der Waals surface area contributed by atoms with Gasteiger partial charge in [-0.3, -0.25) is 9.69 Å². The van der Waals surface area contributed by atoms with Crippen LogP contribution in [0.1, 0.15) is 17.3 Å². The van der Waals surface area contributed by atoms with E-state index in [1.54, 1.807) is 0 Å². The van der Waals surface area contributed by atoms with Crippen molar-refractivity contribution in [2.45, 2.75) is 12.5 Å². The number of carboxylic acids is 1. The van der Waals surface area contributed by atoms with Gasteiger partial charge in [0.25, 0.3) is 5.91 Å². The normalized spacial score (nSPS) is 16.5. The highest BCUT2D eigenvalue weighted by atomic mass is 19.1. The molecule has 0 aromatic heterocycles. The summed E-state index contributed by atoms with van der Waals surface area (Å²) in [4.78, 5) is 36.7. The number of amides is 3. The summed E-state index contributed by atoms with van der Waals surface area (Å²) in [6, 6.07) is 3.31. The first-order chi connectivity index (χ1) is 11.3. The van der Waals surface area contributed by atoms with E-state index in [0.717, 1.165) is 6.07 Å². The fraction of sp³-hybridized carbons (Fsp3) is 0.400. The highest BCUT2D eigenvalue weighted by Crippen LogP contribution is 2.21. The summed E-state index contributed by atoms with van der Waals surface area (Å²) in [6.07, 6.45) is 0. The Kier molecular flexibility index (Phi) is 5.03. The van der Waals surface area contributed by atoms with Gasteiger partial charge in [0.05, 0.1) is 12.2 Å². The molecule has 2 rings (SSSR count). The van der Waals surface area contributed by atoms with E-state index in [2.05, 4.69) is 10.6 Å². The number of nitrogens with one attached hydrogen (secondary N) is 2. The zero-order valence-electron chi connectivity index (χ0n) is 13.3. The highest BCUT2D eigenvalue weighted by molar-refractivity contribution is 6.00. The predicted octanol–water partition coefficient (Wildman–Crippen LogP) is 0.575. The van der Waals surface area contributed by atoms with Crippen LogP contribution in [0.15, 0.2) is 18.2 Å². The molecule has 0 saturated carbocycles. The molecular weight excluding hydrogens is 321 g/mol. The van der Waals surface area contributed by atoms with Gasteiger partial charge in [0, 0.05) is 25.9 Å². The second-order valence-electron chi connectivity index (χ2n) is 5.57. The number of carbonyl (C=O) groups is 3. The number of benzene rings is 1. The predicted molar refractivity (Wildman–Crippen MR) is 82.5 cm³/mol. The standard InChI is InChI=1S/C15H18FN3O5/c1-15(8-24-2,13(21)22)18-12(20)10-7-9(3-4-11(10)16)19-6-5-17-14(19)23/h3-4,7H,5-6,8H2,1-2H3,(H,17,23)(H,18,20)(H,21,22). The van der Waals surface area contributed by atoms with E-state index in [9.17, 15) is 23.9 Å². The van der Waals surface area contributed by atoms with Crippen LogP contribution in [0.25, 0.3) is 0 Å². The summed E-state index contributed by atoms with van der Waals surface area (Å²) < 4.78 is 18.8. The van der Waals surface area contributed by atoms with E-state index in [1.165, 1.54) is 31.1 Å². The van der Waals surface area contributed by atoms with Crippen molar-refractivity contribution in [1.29, 1.82) is 0 Å². The Hall–Kier alpha value is -2.68. The Balaban J connectivity index is 2.28. The molecule has 1 aromatic rings. The van der Waals surface area contributed by atoms with Gasteiger partial charge in [-0.15, -0.1) is 0 Å². The quantitative estimate of drug-likeness (QED) is 0.702. The lowest BCUT2D eigenvalue weighted by Crippen LogP contribution is -2.55. The molecule has 3 amide bonds. The fourth-order valence-corrected chi connectivity index (χ4v) is 2.33. The minimum atomic E-state index is -1.71. The SMILES string of the molecule is COCC(C)(NC(=O)c1cc(N2CCNC2=O)ccc1F)C(=O)O. The number of ether oxygens (including phenoxy) is 1. The number of methoxy groups -OCH3 is 1. The molecule has 3 N–H and O–H groups in total.